The predicted molar refractivity (Wildman–Crippen MR) is 85.1 cm³/mol. The number of hydrogen-bond donors (Lipinski definition) is 0. The summed E-state index contributed by atoms with van der Waals surface area (Å²) in [5.74, 6) is 0.896. The maximum atomic E-state index is 12.7. The molecule has 2 heterocycles. The van der Waals surface area contributed by atoms with Crippen LogP contribution in [0.3, 0.4) is 0 Å². The first kappa shape index (κ1) is 14.5. The number of carbonyl (C=O) groups is 1. The average Bonchev–Trinajstić information content (AvgIpc) is 2.99. The summed E-state index contributed by atoms with van der Waals surface area (Å²) in [5.41, 5.74) is 3.79. The number of ether oxygens (including phenoxy) is 1. The first-order valence-corrected chi connectivity index (χ1v) is 7.21. The molecule has 0 radical (unpaired) electrons. The fraction of sp³-hybridized carbons (Fsp3) is 0.222. The molecule has 22 heavy (non-hydrogen) atoms. The third-order valence-electron chi connectivity index (χ3n) is 3.84. The molecule has 0 saturated heterocycles. The van der Waals surface area contributed by atoms with Crippen molar-refractivity contribution in [2.24, 2.45) is 0 Å². The number of ketones is 1. The lowest BCUT2D eigenvalue weighted by Crippen LogP contribution is -2.15. The van der Waals surface area contributed by atoms with E-state index in [2.05, 4.69) is 4.98 Å². The van der Waals surface area contributed by atoms with E-state index in [0.717, 1.165) is 28.1 Å². The molecule has 0 saturated carbocycles. The van der Waals surface area contributed by atoms with E-state index >= 15 is 0 Å². The van der Waals surface area contributed by atoms with E-state index in [9.17, 15) is 4.79 Å². The molecule has 0 fully saturated rings. The quantitative estimate of drug-likeness (QED) is 0.678. The smallest absolute Gasteiger partial charge is 0.182 e. The monoisotopic (exact) mass is 294 g/mol. The van der Waals surface area contributed by atoms with Crippen LogP contribution >= 0.6 is 0 Å². The molecule has 1 aromatic rings. The molecular weight excluding hydrogens is 276 g/mol. The van der Waals surface area contributed by atoms with Gasteiger partial charge < -0.3 is 9.30 Å². The highest BCUT2D eigenvalue weighted by Gasteiger charge is 2.16. The SMILES string of the molecule is COCc1c(C)cccc1C(=O)Cn1cccc2ccnc1-2. The van der Waals surface area contributed by atoms with Crippen LogP contribution in [0.1, 0.15) is 21.5 Å². The van der Waals surface area contributed by atoms with Gasteiger partial charge in [-0.05, 0) is 36.2 Å². The minimum absolute atomic E-state index is 0.0660. The van der Waals surface area contributed by atoms with Gasteiger partial charge in [0, 0.05) is 30.6 Å². The Morgan fingerprint density at radius 1 is 1.23 bits per heavy atom. The van der Waals surface area contributed by atoms with E-state index in [1.165, 1.54) is 0 Å². The second-order valence-corrected chi connectivity index (χ2v) is 5.32. The lowest BCUT2D eigenvalue weighted by molar-refractivity contribution is 0.0967. The number of rotatable bonds is 5. The Bertz CT molecular complexity index is 776. The molecule has 1 aromatic carbocycles. The molecule has 0 amide bonds. The van der Waals surface area contributed by atoms with Crippen LogP contribution in [-0.4, -0.2) is 22.4 Å². The molecule has 0 N–H and O–H groups in total. The highest BCUT2D eigenvalue weighted by Crippen LogP contribution is 2.21. The van der Waals surface area contributed by atoms with E-state index in [-0.39, 0.29) is 12.3 Å². The van der Waals surface area contributed by atoms with E-state index in [1.807, 2.05) is 54.1 Å². The molecule has 0 unspecified atom stereocenters. The van der Waals surface area contributed by atoms with Gasteiger partial charge in [0.1, 0.15) is 5.82 Å². The van der Waals surface area contributed by atoms with Crippen LogP contribution in [0.5, 0.6) is 0 Å². The molecule has 0 spiro atoms. The molecule has 3 rings (SSSR count). The topological polar surface area (TPSA) is 44.1 Å². The Morgan fingerprint density at radius 2 is 2.09 bits per heavy atom. The highest BCUT2D eigenvalue weighted by molar-refractivity contribution is 5.97. The second-order valence-electron chi connectivity index (χ2n) is 5.32. The van der Waals surface area contributed by atoms with E-state index in [0.29, 0.717) is 6.61 Å². The zero-order valence-corrected chi connectivity index (χ0v) is 12.7. The molecule has 0 aliphatic carbocycles. The fourth-order valence-electron chi connectivity index (χ4n) is 2.70. The van der Waals surface area contributed by atoms with E-state index in [4.69, 9.17) is 4.74 Å². The van der Waals surface area contributed by atoms with Gasteiger partial charge in [0.15, 0.2) is 5.78 Å². The molecule has 112 valence electrons. The molecule has 0 atom stereocenters. The van der Waals surface area contributed by atoms with Crippen LogP contribution in [-0.2, 0) is 17.9 Å². The minimum Gasteiger partial charge on any atom is -0.380 e. The van der Waals surface area contributed by atoms with Crippen LogP contribution in [0.25, 0.3) is 11.4 Å². The Kier molecular flexibility index (Phi) is 4.02. The number of aromatic nitrogens is 2. The van der Waals surface area contributed by atoms with E-state index in [1.54, 1.807) is 13.3 Å². The van der Waals surface area contributed by atoms with Crippen molar-refractivity contribution >= 4 is 5.78 Å². The molecule has 0 aromatic heterocycles. The number of hydrogen-bond acceptors (Lipinski definition) is 3. The van der Waals surface area contributed by atoms with Crippen LogP contribution in [0.15, 0.2) is 48.8 Å². The van der Waals surface area contributed by atoms with Crippen molar-refractivity contribution in [1.82, 2.24) is 9.55 Å². The lowest BCUT2D eigenvalue weighted by atomic mass is 9.99. The van der Waals surface area contributed by atoms with Crippen molar-refractivity contribution in [3.63, 3.8) is 0 Å². The minimum atomic E-state index is 0.0660. The summed E-state index contributed by atoms with van der Waals surface area (Å²) < 4.78 is 7.12. The number of fused-ring (bicyclic) bond motifs is 1. The van der Waals surface area contributed by atoms with Gasteiger partial charge in [0.25, 0.3) is 0 Å². The Hall–Kier alpha value is -2.46. The normalized spacial score (nSPS) is 11.0. The van der Waals surface area contributed by atoms with Crippen molar-refractivity contribution in [2.75, 3.05) is 7.11 Å². The Morgan fingerprint density at radius 3 is 2.91 bits per heavy atom. The fourth-order valence-corrected chi connectivity index (χ4v) is 2.70. The van der Waals surface area contributed by atoms with Crippen LogP contribution in [0, 0.1) is 6.92 Å². The number of benzene rings is 1. The van der Waals surface area contributed by atoms with Gasteiger partial charge >= 0.3 is 0 Å². The third-order valence-corrected chi connectivity index (χ3v) is 3.84. The zero-order chi connectivity index (χ0) is 15.5. The average molecular weight is 294 g/mol. The second kappa shape index (κ2) is 6.12. The number of pyridine rings is 1. The maximum absolute atomic E-state index is 12.7. The highest BCUT2D eigenvalue weighted by atomic mass is 16.5. The summed E-state index contributed by atoms with van der Waals surface area (Å²) in [7, 11) is 1.64. The summed E-state index contributed by atoms with van der Waals surface area (Å²) in [5, 5.41) is 0. The standard InChI is InChI=1S/C18H18N2O2/c1-13-5-3-7-15(16(13)12-22-2)17(21)11-20-10-4-6-14-8-9-19-18(14)20/h3-10H,11-12H2,1-2H3. The lowest BCUT2D eigenvalue weighted by Gasteiger charge is -2.14. The number of nitrogens with zero attached hydrogens (tertiary/aromatic N) is 2. The summed E-state index contributed by atoms with van der Waals surface area (Å²) >= 11 is 0. The van der Waals surface area contributed by atoms with Gasteiger partial charge in [-0.25, -0.2) is 4.98 Å². The van der Waals surface area contributed by atoms with E-state index < -0.39 is 0 Å². The van der Waals surface area contributed by atoms with Crippen LogP contribution < -0.4 is 0 Å². The number of aryl methyl sites for hydroxylation is 1. The van der Waals surface area contributed by atoms with Gasteiger partial charge in [0.05, 0.1) is 13.2 Å². The van der Waals surface area contributed by atoms with Crippen molar-refractivity contribution in [1.29, 1.82) is 0 Å². The van der Waals surface area contributed by atoms with Gasteiger partial charge in [-0.3, -0.25) is 4.79 Å². The summed E-state index contributed by atoms with van der Waals surface area (Å²) in [6.07, 6.45) is 3.65. The molecule has 4 heteroatoms. The maximum Gasteiger partial charge on any atom is 0.182 e. The van der Waals surface area contributed by atoms with Gasteiger partial charge in [-0.15, -0.1) is 0 Å². The Labute approximate surface area is 129 Å². The summed E-state index contributed by atoms with van der Waals surface area (Å²) in [6.45, 7) is 2.71. The first-order chi connectivity index (χ1) is 10.7. The predicted octanol–water partition coefficient (Wildman–Crippen LogP) is 3.33. The van der Waals surface area contributed by atoms with Gasteiger partial charge in [0.2, 0.25) is 0 Å². The molecule has 4 nitrogen and oxygen atoms in total. The van der Waals surface area contributed by atoms with Crippen LogP contribution in [0.2, 0.25) is 0 Å². The van der Waals surface area contributed by atoms with Crippen molar-refractivity contribution < 1.29 is 9.53 Å². The Balaban J connectivity index is 1.93. The van der Waals surface area contributed by atoms with Gasteiger partial charge in [-0.2, -0.15) is 0 Å². The third kappa shape index (κ3) is 2.65. The van der Waals surface area contributed by atoms with Crippen LogP contribution in [0.4, 0.5) is 0 Å². The molecule has 0 bridgehead atoms. The molecule has 2 aliphatic rings. The number of Topliss-reactive ketones (excluding diaryl/α,β-unsaturated/α-hetero) is 1. The first-order valence-electron chi connectivity index (χ1n) is 7.21. The van der Waals surface area contributed by atoms with Crippen molar-refractivity contribution in [3.8, 4) is 11.4 Å². The summed E-state index contributed by atoms with van der Waals surface area (Å²) in [4.78, 5) is 17.1. The molecular formula is C18H18N2O2. The number of methoxy groups -OCH3 is 1. The van der Waals surface area contributed by atoms with Gasteiger partial charge in [-0.1, -0.05) is 18.2 Å². The number of carbonyl (C=O) groups excluding carboxylic acids is 1. The van der Waals surface area contributed by atoms with Crippen molar-refractivity contribution in [3.05, 3.63) is 65.5 Å². The zero-order valence-electron chi connectivity index (χ0n) is 12.7. The van der Waals surface area contributed by atoms with Crippen molar-refractivity contribution in [2.45, 2.75) is 20.1 Å². The largest absolute Gasteiger partial charge is 0.380 e. The molecule has 2 aliphatic heterocycles. The summed E-state index contributed by atoms with van der Waals surface area (Å²) in [6, 6.07) is 11.6.